The number of benzene rings is 2. The molecule has 0 bridgehead atoms. The van der Waals surface area contributed by atoms with Crippen LogP contribution in [0.2, 0.25) is 0 Å². The Morgan fingerprint density at radius 3 is 2.32 bits per heavy atom. The second-order valence-electron chi connectivity index (χ2n) is 8.22. The van der Waals surface area contributed by atoms with Gasteiger partial charge in [0.2, 0.25) is 5.91 Å². The summed E-state index contributed by atoms with van der Waals surface area (Å²) < 4.78 is 1.85. The van der Waals surface area contributed by atoms with Crippen LogP contribution in [0.3, 0.4) is 0 Å². The maximum atomic E-state index is 13.1. The number of nitrogens with one attached hydrogen (secondary N) is 1. The van der Waals surface area contributed by atoms with Crippen molar-refractivity contribution in [3.63, 3.8) is 0 Å². The van der Waals surface area contributed by atoms with Crippen molar-refractivity contribution in [3.05, 3.63) is 77.5 Å². The molecule has 1 heterocycles. The van der Waals surface area contributed by atoms with Gasteiger partial charge in [0.25, 0.3) is 0 Å². The van der Waals surface area contributed by atoms with Crippen LogP contribution < -0.4 is 5.32 Å². The lowest BCUT2D eigenvalue weighted by atomic mass is 9.92. The Kier molecular flexibility index (Phi) is 5.68. The molecule has 0 radical (unpaired) electrons. The predicted octanol–water partition coefficient (Wildman–Crippen LogP) is 5.61. The number of para-hydroxylation sites is 1. The van der Waals surface area contributed by atoms with E-state index in [2.05, 4.69) is 39.1 Å². The van der Waals surface area contributed by atoms with Gasteiger partial charge in [0.15, 0.2) is 0 Å². The van der Waals surface area contributed by atoms with E-state index in [-0.39, 0.29) is 17.2 Å². The molecule has 4 heteroatoms. The van der Waals surface area contributed by atoms with Gasteiger partial charge in [-0.15, -0.1) is 0 Å². The Balaban J connectivity index is 2.00. The smallest absolute Gasteiger partial charge is 0.233 e. The number of rotatable bonds is 5. The predicted molar refractivity (Wildman–Crippen MR) is 115 cm³/mol. The van der Waals surface area contributed by atoms with Gasteiger partial charge in [-0.25, -0.2) is 4.68 Å². The molecule has 3 rings (SSSR count). The van der Waals surface area contributed by atoms with Gasteiger partial charge in [0, 0.05) is 11.5 Å². The molecule has 1 aromatic heterocycles. The van der Waals surface area contributed by atoms with Crippen LogP contribution in [-0.2, 0) is 10.2 Å². The number of hydrogen-bond acceptors (Lipinski definition) is 2. The minimum atomic E-state index is -0.195. The summed E-state index contributed by atoms with van der Waals surface area (Å²) in [7, 11) is 0. The molecule has 146 valence electrons. The van der Waals surface area contributed by atoms with E-state index < -0.39 is 0 Å². The molecule has 0 fully saturated rings. The number of aromatic nitrogens is 2. The van der Waals surface area contributed by atoms with Gasteiger partial charge in [0.05, 0.1) is 17.3 Å². The number of nitrogens with zero attached hydrogens (tertiary/aromatic N) is 2. The van der Waals surface area contributed by atoms with Crippen molar-refractivity contribution in [2.45, 2.75) is 52.4 Å². The monoisotopic (exact) mass is 375 g/mol. The highest BCUT2D eigenvalue weighted by atomic mass is 16.2. The van der Waals surface area contributed by atoms with Crippen molar-refractivity contribution < 1.29 is 4.79 Å². The van der Waals surface area contributed by atoms with Crippen LogP contribution in [0.15, 0.2) is 60.7 Å². The van der Waals surface area contributed by atoms with Crippen LogP contribution in [0, 0.1) is 6.92 Å². The molecular weight excluding hydrogens is 346 g/mol. The molecule has 0 saturated carbocycles. The van der Waals surface area contributed by atoms with E-state index in [4.69, 9.17) is 5.10 Å². The average molecular weight is 376 g/mol. The Morgan fingerprint density at radius 1 is 1.07 bits per heavy atom. The van der Waals surface area contributed by atoms with Crippen LogP contribution in [0.25, 0.3) is 5.69 Å². The number of hydrogen-bond donors (Lipinski definition) is 1. The Morgan fingerprint density at radius 2 is 1.71 bits per heavy atom. The second kappa shape index (κ2) is 8.01. The number of amides is 1. The van der Waals surface area contributed by atoms with E-state index in [9.17, 15) is 4.79 Å². The molecule has 0 aliphatic rings. The van der Waals surface area contributed by atoms with Crippen LogP contribution in [-0.4, -0.2) is 15.7 Å². The molecule has 0 aliphatic carbocycles. The molecule has 1 atom stereocenters. The zero-order valence-corrected chi connectivity index (χ0v) is 17.4. The fraction of sp³-hybridized carbons (Fsp3) is 0.333. The molecule has 0 spiro atoms. The molecule has 3 aromatic rings. The first-order valence-corrected chi connectivity index (χ1v) is 9.83. The van der Waals surface area contributed by atoms with Crippen LogP contribution in [0.5, 0.6) is 0 Å². The van der Waals surface area contributed by atoms with Crippen molar-refractivity contribution in [2.75, 3.05) is 5.32 Å². The van der Waals surface area contributed by atoms with Crippen LogP contribution >= 0.6 is 0 Å². The first-order chi connectivity index (χ1) is 13.3. The van der Waals surface area contributed by atoms with E-state index in [1.165, 1.54) is 0 Å². The second-order valence-corrected chi connectivity index (χ2v) is 8.22. The van der Waals surface area contributed by atoms with Crippen LogP contribution in [0.1, 0.15) is 56.9 Å². The highest BCUT2D eigenvalue weighted by Gasteiger charge is 2.24. The zero-order chi connectivity index (χ0) is 20.3. The lowest BCUT2D eigenvalue weighted by Gasteiger charge is -2.16. The molecular formula is C24H29N3O. The summed E-state index contributed by atoms with van der Waals surface area (Å²) in [5.74, 6) is 0.502. The molecule has 2 aromatic carbocycles. The van der Waals surface area contributed by atoms with Crippen molar-refractivity contribution in [3.8, 4) is 5.69 Å². The quantitative estimate of drug-likeness (QED) is 0.630. The van der Waals surface area contributed by atoms with Crippen LogP contribution in [0.4, 0.5) is 5.82 Å². The normalized spacial score (nSPS) is 12.6. The highest BCUT2D eigenvalue weighted by molar-refractivity contribution is 5.95. The highest BCUT2D eigenvalue weighted by Crippen LogP contribution is 2.29. The third kappa shape index (κ3) is 4.16. The number of carbonyl (C=O) groups excluding carboxylic acids is 1. The Labute approximate surface area is 167 Å². The van der Waals surface area contributed by atoms with Crippen molar-refractivity contribution in [1.82, 2.24) is 9.78 Å². The lowest BCUT2D eigenvalue weighted by molar-refractivity contribution is -0.117. The van der Waals surface area contributed by atoms with Gasteiger partial charge in [-0.05, 0) is 30.5 Å². The fourth-order valence-corrected chi connectivity index (χ4v) is 3.29. The third-order valence-corrected chi connectivity index (χ3v) is 5.00. The van der Waals surface area contributed by atoms with Gasteiger partial charge < -0.3 is 5.32 Å². The summed E-state index contributed by atoms with van der Waals surface area (Å²) in [5, 5.41) is 7.97. The summed E-state index contributed by atoms with van der Waals surface area (Å²) in [6, 6.07) is 20.0. The maximum Gasteiger partial charge on any atom is 0.233 e. The third-order valence-electron chi connectivity index (χ3n) is 5.00. The molecule has 0 aliphatic heterocycles. The maximum absolute atomic E-state index is 13.1. The molecule has 0 saturated heterocycles. The van der Waals surface area contributed by atoms with E-state index in [0.29, 0.717) is 5.82 Å². The minimum Gasteiger partial charge on any atom is -0.310 e. The molecule has 1 amide bonds. The standard InChI is InChI=1S/C24H29N3O/c1-6-19(18-13-8-7-9-14-18)23(28)25-22-16-21(24(3,4)5)26-27(22)20-15-11-10-12-17(20)2/h7-16,19H,6H2,1-5H3,(H,25,28). The Bertz CT molecular complexity index is 951. The van der Waals surface area contributed by atoms with Gasteiger partial charge in [0.1, 0.15) is 5.82 Å². The number of carbonyl (C=O) groups is 1. The summed E-state index contributed by atoms with van der Waals surface area (Å²) in [4.78, 5) is 13.1. The van der Waals surface area contributed by atoms with Crippen molar-refractivity contribution in [1.29, 1.82) is 0 Å². The van der Waals surface area contributed by atoms with E-state index in [1.807, 2.05) is 66.2 Å². The first kappa shape index (κ1) is 19.9. The number of anilines is 1. The molecule has 4 nitrogen and oxygen atoms in total. The summed E-state index contributed by atoms with van der Waals surface area (Å²) in [5.41, 5.74) is 3.94. The molecule has 1 N–H and O–H groups in total. The Hall–Kier alpha value is -2.88. The molecule has 1 unspecified atom stereocenters. The first-order valence-electron chi connectivity index (χ1n) is 9.83. The summed E-state index contributed by atoms with van der Waals surface area (Å²) >= 11 is 0. The van der Waals surface area contributed by atoms with Gasteiger partial charge in [-0.3, -0.25) is 4.79 Å². The van der Waals surface area contributed by atoms with E-state index in [0.717, 1.165) is 28.9 Å². The number of aryl methyl sites for hydroxylation is 1. The van der Waals surface area contributed by atoms with Crippen molar-refractivity contribution >= 4 is 11.7 Å². The minimum absolute atomic E-state index is 0.0103. The summed E-state index contributed by atoms with van der Waals surface area (Å²) in [6.45, 7) is 10.5. The van der Waals surface area contributed by atoms with E-state index in [1.54, 1.807) is 0 Å². The average Bonchev–Trinajstić information content (AvgIpc) is 3.07. The largest absolute Gasteiger partial charge is 0.310 e. The van der Waals surface area contributed by atoms with Gasteiger partial charge >= 0.3 is 0 Å². The lowest BCUT2D eigenvalue weighted by Crippen LogP contribution is -2.22. The fourth-order valence-electron chi connectivity index (χ4n) is 3.29. The molecule has 28 heavy (non-hydrogen) atoms. The van der Waals surface area contributed by atoms with Gasteiger partial charge in [-0.1, -0.05) is 76.2 Å². The van der Waals surface area contributed by atoms with E-state index >= 15 is 0 Å². The zero-order valence-electron chi connectivity index (χ0n) is 17.4. The van der Waals surface area contributed by atoms with Crippen molar-refractivity contribution in [2.24, 2.45) is 0 Å². The topological polar surface area (TPSA) is 46.9 Å². The SMILES string of the molecule is CCC(C(=O)Nc1cc(C(C)(C)C)nn1-c1ccccc1C)c1ccccc1. The van der Waals surface area contributed by atoms with Gasteiger partial charge in [-0.2, -0.15) is 5.10 Å². The summed E-state index contributed by atoms with van der Waals surface area (Å²) in [6.07, 6.45) is 0.737.